The van der Waals surface area contributed by atoms with Crippen molar-refractivity contribution < 1.29 is 89.4 Å². The van der Waals surface area contributed by atoms with Crippen LogP contribution in [0.15, 0.2) is 12.2 Å². The van der Waals surface area contributed by atoms with E-state index in [-0.39, 0.29) is 18.9 Å². The summed E-state index contributed by atoms with van der Waals surface area (Å²) in [6.45, 7) is 1.51. The van der Waals surface area contributed by atoms with Crippen molar-refractivity contribution >= 4 is 5.91 Å². The lowest BCUT2D eigenvalue weighted by atomic mass is 9.96. The smallest absolute Gasteiger partial charge is 0.220 e. The standard InChI is InChI=1S/C40H73NO18/c1-3-5-7-9-11-12-14-16-18-28(46)41-23(24(45)17-15-13-10-8-6-4-2)22-54-38-34(52)31(49)36(26(20-43)56-38)59-40-35(53)32(50)37(27(21-44)57-40)58-39-33(51)30(48)29(47)25(19-42)55-39/h15,17,23-27,29-40,42-45,47-53H,3-14,16,18-22H2,1-2H3,(H,41,46)/b17-15+. The van der Waals surface area contributed by atoms with Gasteiger partial charge in [0.1, 0.15) is 73.2 Å². The Hall–Kier alpha value is -1.47. The third-order valence-electron chi connectivity index (χ3n) is 11.1. The molecule has 0 aromatic carbocycles. The Morgan fingerprint density at radius 2 is 1.05 bits per heavy atom. The average molecular weight is 856 g/mol. The van der Waals surface area contributed by atoms with E-state index in [1.165, 1.54) is 25.7 Å². The second-order valence-corrected chi connectivity index (χ2v) is 15.8. The molecular formula is C40H73NO18. The molecule has 0 bridgehead atoms. The van der Waals surface area contributed by atoms with Gasteiger partial charge in [-0.3, -0.25) is 4.79 Å². The first-order valence-electron chi connectivity index (χ1n) is 21.4. The predicted octanol–water partition coefficient (Wildman–Crippen LogP) is -1.65. The van der Waals surface area contributed by atoms with Crippen LogP contribution in [-0.2, 0) is 33.2 Å². The van der Waals surface area contributed by atoms with Gasteiger partial charge in [-0.15, -0.1) is 0 Å². The van der Waals surface area contributed by atoms with Gasteiger partial charge in [0.15, 0.2) is 18.9 Å². The van der Waals surface area contributed by atoms with E-state index in [1.54, 1.807) is 6.08 Å². The number of rotatable bonds is 27. The molecule has 19 heteroatoms. The molecule has 59 heavy (non-hydrogen) atoms. The van der Waals surface area contributed by atoms with Crippen LogP contribution < -0.4 is 5.32 Å². The van der Waals surface area contributed by atoms with Gasteiger partial charge in [0.05, 0.1) is 38.6 Å². The second kappa shape index (κ2) is 27.6. The molecule has 19 nitrogen and oxygen atoms in total. The predicted molar refractivity (Wildman–Crippen MR) is 208 cm³/mol. The zero-order chi connectivity index (χ0) is 43.5. The van der Waals surface area contributed by atoms with E-state index in [4.69, 9.17) is 28.4 Å². The highest BCUT2D eigenvalue weighted by Gasteiger charge is 2.53. The number of carbonyl (C=O) groups excluding carboxylic acids is 1. The molecule has 0 radical (unpaired) electrons. The molecule has 3 aliphatic heterocycles. The van der Waals surface area contributed by atoms with E-state index in [9.17, 15) is 61.0 Å². The van der Waals surface area contributed by atoms with Gasteiger partial charge in [0.25, 0.3) is 0 Å². The summed E-state index contributed by atoms with van der Waals surface area (Å²) in [5, 5.41) is 119. The van der Waals surface area contributed by atoms with E-state index in [0.29, 0.717) is 6.42 Å². The van der Waals surface area contributed by atoms with Gasteiger partial charge in [0, 0.05) is 6.42 Å². The third kappa shape index (κ3) is 15.7. The van der Waals surface area contributed by atoms with Crippen LogP contribution in [0.4, 0.5) is 0 Å². The average Bonchev–Trinajstić information content (AvgIpc) is 3.23. The number of hydrogen-bond acceptors (Lipinski definition) is 18. The molecule has 17 unspecified atom stereocenters. The molecule has 0 aromatic rings. The fourth-order valence-electron chi connectivity index (χ4n) is 7.36. The van der Waals surface area contributed by atoms with Crippen molar-refractivity contribution in [3.05, 3.63) is 12.2 Å². The van der Waals surface area contributed by atoms with Crippen molar-refractivity contribution in [2.45, 2.75) is 208 Å². The summed E-state index contributed by atoms with van der Waals surface area (Å²) >= 11 is 0. The number of nitrogens with one attached hydrogen (secondary N) is 1. The highest BCUT2D eigenvalue weighted by atomic mass is 16.8. The summed E-state index contributed by atoms with van der Waals surface area (Å²) in [5.41, 5.74) is 0. The number of hydrogen-bond donors (Lipinski definition) is 12. The Kier molecular flexibility index (Phi) is 24.2. The maximum Gasteiger partial charge on any atom is 0.220 e. The first-order chi connectivity index (χ1) is 28.3. The summed E-state index contributed by atoms with van der Waals surface area (Å²) < 4.78 is 33.8. The number of allylic oxidation sites excluding steroid dienone is 1. The van der Waals surface area contributed by atoms with Crippen molar-refractivity contribution in [3.8, 4) is 0 Å². The molecule has 12 N–H and O–H groups in total. The van der Waals surface area contributed by atoms with Gasteiger partial charge >= 0.3 is 0 Å². The summed E-state index contributed by atoms with van der Waals surface area (Å²) in [5.74, 6) is -0.290. The van der Waals surface area contributed by atoms with Crippen LogP contribution in [-0.4, -0.2) is 193 Å². The number of amides is 1. The van der Waals surface area contributed by atoms with Gasteiger partial charge in [-0.25, -0.2) is 0 Å². The molecule has 3 aliphatic rings. The molecule has 3 fully saturated rings. The van der Waals surface area contributed by atoms with Crippen LogP contribution in [0, 0.1) is 0 Å². The van der Waals surface area contributed by atoms with Crippen molar-refractivity contribution in [3.63, 3.8) is 0 Å². The lowest BCUT2D eigenvalue weighted by Gasteiger charge is -2.48. The van der Waals surface area contributed by atoms with Crippen LogP contribution >= 0.6 is 0 Å². The highest BCUT2D eigenvalue weighted by molar-refractivity contribution is 5.76. The normalized spacial score (nSPS) is 36.5. The van der Waals surface area contributed by atoms with E-state index in [0.717, 1.165) is 51.4 Å². The Morgan fingerprint density at radius 3 is 1.59 bits per heavy atom. The molecular weight excluding hydrogens is 782 g/mol. The number of unbranched alkanes of at least 4 members (excludes halogenated alkanes) is 11. The largest absolute Gasteiger partial charge is 0.394 e. The lowest BCUT2D eigenvalue weighted by Crippen LogP contribution is -2.66. The van der Waals surface area contributed by atoms with Crippen LogP contribution in [0.2, 0.25) is 0 Å². The zero-order valence-electron chi connectivity index (χ0n) is 34.5. The molecule has 0 aromatic heterocycles. The Bertz CT molecular complexity index is 1170. The van der Waals surface area contributed by atoms with Gasteiger partial charge in [0.2, 0.25) is 5.91 Å². The first kappa shape index (κ1) is 51.9. The fraction of sp³-hybridized carbons (Fsp3) is 0.925. The van der Waals surface area contributed by atoms with Crippen molar-refractivity contribution in [1.29, 1.82) is 0 Å². The van der Waals surface area contributed by atoms with E-state index in [2.05, 4.69) is 19.2 Å². The second-order valence-electron chi connectivity index (χ2n) is 15.8. The highest BCUT2D eigenvalue weighted by Crippen LogP contribution is 2.33. The van der Waals surface area contributed by atoms with Crippen molar-refractivity contribution in [2.24, 2.45) is 0 Å². The van der Waals surface area contributed by atoms with Crippen molar-refractivity contribution in [1.82, 2.24) is 5.32 Å². The molecule has 346 valence electrons. The lowest BCUT2D eigenvalue weighted by molar-refractivity contribution is -0.379. The molecule has 0 aliphatic carbocycles. The molecule has 3 rings (SSSR count). The minimum atomic E-state index is -1.97. The fourth-order valence-corrected chi connectivity index (χ4v) is 7.36. The monoisotopic (exact) mass is 855 g/mol. The van der Waals surface area contributed by atoms with Crippen LogP contribution in [0.1, 0.15) is 104 Å². The van der Waals surface area contributed by atoms with E-state index in [1.807, 2.05) is 6.08 Å². The van der Waals surface area contributed by atoms with Gasteiger partial charge < -0.3 is 89.9 Å². The molecule has 1 amide bonds. The Labute approximate surface area is 346 Å². The topological polar surface area (TPSA) is 307 Å². The summed E-state index contributed by atoms with van der Waals surface area (Å²) in [7, 11) is 0. The summed E-state index contributed by atoms with van der Waals surface area (Å²) in [6.07, 6.45) is -9.72. The maximum atomic E-state index is 13.0. The molecule has 3 heterocycles. The number of ether oxygens (including phenoxy) is 6. The number of carbonyl (C=O) groups is 1. The van der Waals surface area contributed by atoms with Crippen LogP contribution in [0.25, 0.3) is 0 Å². The number of aliphatic hydroxyl groups excluding tert-OH is 11. The quantitative estimate of drug-likeness (QED) is 0.0326. The van der Waals surface area contributed by atoms with Gasteiger partial charge in [-0.05, 0) is 19.3 Å². The van der Waals surface area contributed by atoms with Gasteiger partial charge in [-0.2, -0.15) is 0 Å². The SMILES string of the molecule is CCCCCC/C=C/C(O)C(COC1OC(CO)C(OC2OC(CO)C(OC3OC(CO)C(O)C(O)C3O)C(O)C2O)C(O)C1O)NC(=O)CCCCCCCCCC. The Morgan fingerprint density at radius 1 is 0.593 bits per heavy atom. The maximum absolute atomic E-state index is 13.0. The van der Waals surface area contributed by atoms with E-state index >= 15 is 0 Å². The Balaban J connectivity index is 1.62. The summed E-state index contributed by atoms with van der Waals surface area (Å²) in [6, 6.07) is -0.959. The number of aliphatic hydroxyl groups is 11. The van der Waals surface area contributed by atoms with E-state index < -0.39 is 124 Å². The van der Waals surface area contributed by atoms with Gasteiger partial charge in [-0.1, -0.05) is 90.2 Å². The third-order valence-corrected chi connectivity index (χ3v) is 11.1. The minimum absolute atomic E-state index is 0.243. The minimum Gasteiger partial charge on any atom is -0.394 e. The molecule has 3 saturated heterocycles. The van der Waals surface area contributed by atoms with Crippen LogP contribution in [0.3, 0.4) is 0 Å². The molecule has 0 spiro atoms. The van der Waals surface area contributed by atoms with Crippen LogP contribution in [0.5, 0.6) is 0 Å². The summed E-state index contributed by atoms with van der Waals surface area (Å²) in [4.78, 5) is 13.0. The van der Waals surface area contributed by atoms with Crippen molar-refractivity contribution in [2.75, 3.05) is 26.4 Å². The zero-order valence-corrected chi connectivity index (χ0v) is 34.5. The first-order valence-corrected chi connectivity index (χ1v) is 21.4. The molecule has 17 atom stereocenters. The molecule has 0 saturated carbocycles.